The standard InChI is InChI=1S/C22H28ClNO4/c1-6-18(15-8-11-20(26-4)21(13-15)27-5)24-22(25)19(7-2)28-16-9-10-17(23)14(3)12-16/h8-13,18-19H,6-7H2,1-5H3,(H,24,25). The fraction of sp³-hybridized carbons (Fsp3) is 0.409. The first-order valence-electron chi connectivity index (χ1n) is 9.38. The summed E-state index contributed by atoms with van der Waals surface area (Å²) in [6.45, 7) is 5.84. The SMILES string of the molecule is CCC(Oc1ccc(Cl)c(C)c1)C(=O)NC(CC)c1ccc(OC)c(OC)c1. The number of carbonyl (C=O) groups excluding carboxylic acids is 1. The molecule has 152 valence electrons. The summed E-state index contributed by atoms with van der Waals surface area (Å²) in [5.74, 6) is 1.76. The summed E-state index contributed by atoms with van der Waals surface area (Å²) < 4.78 is 16.6. The van der Waals surface area contributed by atoms with Gasteiger partial charge in [0.2, 0.25) is 0 Å². The van der Waals surface area contributed by atoms with Crippen LogP contribution in [-0.2, 0) is 4.79 Å². The summed E-state index contributed by atoms with van der Waals surface area (Å²) in [7, 11) is 3.19. The van der Waals surface area contributed by atoms with Gasteiger partial charge in [0.15, 0.2) is 17.6 Å². The molecule has 28 heavy (non-hydrogen) atoms. The Morgan fingerprint density at radius 3 is 2.32 bits per heavy atom. The molecule has 2 unspecified atom stereocenters. The molecule has 0 aromatic heterocycles. The van der Waals surface area contributed by atoms with Crippen molar-refractivity contribution in [2.75, 3.05) is 14.2 Å². The quantitative estimate of drug-likeness (QED) is 0.631. The smallest absolute Gasteiger partial charge is 0.261 e. The number of carbonyl (C=O) groups is 1. The molecule has 0 spiro atoms. The van der Waals surface area contributed by atoms with E-state index in [2.05, 4.69) is 5.32 Å². The van der Waals surface area contributed by atoms with Crippen LogP contribution in [0.1, 0.15) is 43.9 Å². The maximum atomic E-state index is 12.8. The van der Waals surface area contributed by atoms with Crippen LogP contribution < -0.4 is 19.5 Å². The van der Waals surface area contributed by atoms with Crippen molar-refractivity contribution < 1.29 is 19.0 Å². The van der Waals surface area contributed by atoms with Crippen LogP contribution in [0.25, 0.3) is 0 Å². The van der Waals surface area contributed by atoms with Gasteiger partial charge < -0.3 is 19.5 Å². The van der Waals surface area contributed by atoms with Gasteiger partial charge in [-0.2, -0.15) is 0 Å². The Hall–Kier alpha value is -2.40. The molecule has 0 saturated heterocycles. The second-order valence-corrected chi connectivity index (χ2v) is 6.92. The Morgan fingerprint density at radius 2 is 1.75 bits per heavy atom. The minimum atomic E-state index is -0.588. The molecule has 1 N–H and O–H groups in total. The molecule has 2 aromatic carbocycles. The highest BCUT2D eigenvalue weighted by Gasteiger charge is 2.23. The van der Waals surface area contributed by atoms with Gasteiger partial charge in [-0.3, -0.25) is 4.79 Å². The summed E-state index contributed by atoms with van der Waals surface area (Å²) in [5.41, 5.74) is 1.86. The van der Waals surface area contributed by atoms with E-state index in [1.54, 1.807) is 26.4 Å². The van der Waals surface area contributed by atoms with E-state index in [1.165, 1.54) is 0 Å². The van der Waals surface area contributed by atoms with E-state index in [9.17, 15) is 4.79 Å². The molecule has 0 bridgehead atoms. The number of amides is 1. The molecule has 2 aromatic rings. The highest BCUT2D eigenvalue weighted by Crippen LogP contribution is 2.31. The van der Waals surface area contributed by atoms with E-state index in [0.717, 1.165) is 17.5 Å². The predicted molar refractivity (Wildman–Crippen MR) is 112 cm³/mol. The lowest BCUT2D eigenvalue weighted by Crippen LogP contribution is -2.40. The van der Waals surface area contributed by atoms with Crippen LogP contribution in [0.3, 0.4) is 0 Å². The average molecular weight is 406 g/mol. The van der Waals surface area contributed by atoms with Crippen LogP contribution >= 0.6 is 11.6 Å². The van der Waals surface area contributed by atoms with Crippen LogP contribution in [0, 0.1) is 6.92 Å². The first-order chi connectivity index (χ1) is 13.4. The van der Waals surface area contributed by atoms with E-state index >= 15 is 0 Å². The van der Waals surface area contributed by atoms with E-state index in [4.69, 9.17) is 25.8 Å². The molecule has 1 amide bonds. The van der Waals surface area contributed by atoms with Gasteiger partial charge >= 0.3 is 0 Å². The number of rotatable bonds is 9. The molecule has 0 heterocycles. The van der Waals surface area contributed by atoms with Crippen molar-refractivity contribution in [3.05, 3.63) is 52.5 Å². The number of nitrogens with one attached hydrogen (secondary N) is 1. The molecule has 2 rings (SSSR count). The third-order valence-corrected chi connectivity index (χ3v) is 5.03. The molecule has 0 fully saturated rings. The predicted octanol–water partition coefficient (Wildman–Crippen LogP) is 5.09. The minimum Gasteiger partial charge on any atom is -0.493 e. The van der Waals surface area contributed by atoms with Gasteiger partial charge in [-0.15, -0.1) is 0 Å². The summed E-state index contributed by atoms with van der Waals surface area (Å²) in [6, 6.07) is 10.9. The van der Waals surface area contributed by atoms with Crippen LogP contribution in [0.5, 0.6) is 17.2 Å². The molecule has 0 saturated carbocycles. The number of methoxy groups -OCH3 is 2. The number of hydrogen-bond acceptors (Lipinski definition) is 4. The first-order valence-corrected chi connectivity index (χ1v) is 9.76. The second-order valence-electron chi connectivity index (χ2n) is 6.51. The molecule has 0 aliphatic heterocycles. The van der Waals surface area contributed by atoms with Crippen molar-refractivity contribution in [2.24, 2.45) is 0 Å². The largest absolute Gasteiger partial charge is 0.493 e. The van der Waals surface area contributed by atoms with E-state index in [-0.39, 0.29) is 11.9 Å². The van der Waals surface area contributed by atoms with Crippen molar-refractivity contribution in [3.8, 4) is 17.2 Å². The fourth-order valence-corrected chi connectivity index (χ4v) is 3.05. The molecular formula is C22H28ClNO4. The summed E-state index contributed by atoms with van der Waals surface area (Å²) in [4.78, 5) is 12.8. The summed E-state index contributed by atoms with van der Waals surface area (Å²) in [5, 5.41) is 3.75. The maximum Gasteiger partial charge on any atom is 0.261 e. The fourth-order valence-electron chi connectivity index (χ4n) is 2.93. The molecule has 0 aliphatic carbocycles. The van der Waals surface area contributed by atoms with Gasteiger partial charge in [0.1, 0.15) is 5.75 Å². The van der Waals surface area contributed by atoms with Crippen molar-refractivity contribution in [1.82, 2.24) is 5.32 Å². The normalized spacial score (nSPS) is 12.8. The monoisotopic (exact) mass is 405 g/mol. The minimum absolute atomic E-state index is 0.156. The second kappa shape index (κ2) is 10.2. The van der Waals surface area contributed by atoms with Crippen LogP contribution in [0.4, 0.5) is 0 Å². The van der Waals surface area contributed by atoms with E-state index in [1.807, 2.05) is 45.0 Å². The number of hydrogen-bond donors (Lipinski definition) is 1. The number of ether oxygens (including phenoxy) is 3. The number of halogens is 1. The molecule has 0 aliphatic rings. The Morgan fingerprint density at radius 1 is 1.04 bits per heavy atom. The highest BCUT2D eigenvalue weighted by atomic mass is 35.5. The molecular weight excluding hydrogens is 378 g/mol. The van der Waals surface area contributed by atoms with Crippen molar-refractivity contribution in [1.29, 1.82) is 0 Å². The van der Waals surface area contributed by atoms with Gasteiger partial charge in [-0.25, -0.2) is 0 Å². The summed E-state index contributed by atoms with van der Waals surface area (Å²) >= 11 is 6.06. The van der Waals surface area contributed by atoms with Gasteiger partial charge in [0.25, 0.3) is 5.91 Å². The third kappa shape index (κ3) is 5.32. The summed E-state index contributed by atoms with van der Waals surface area (Å²) in [6.07, 6.45) is 0.697. The zero-order chi connectivity index (χ0) is 20.7. The number of benzene rings is 2. The lowest BCUT2D eigenvalue weighted by Gasteiger charge is -2.23. The topological polar surface area (TPSA) is 56.8 Å². The van der Waals surface area contributed by atoms with Gasteiger partial charge in [0.05, 0.1) is 20.3 Å². The molecule has 2 atom stereocenters. The lowest BCUT2D eigenvalue weighted by atomic mass is 10.0. The average Bonchev–Trinajstić information content (AvgIpc) is 2.71. The zero-order valence-corrected chi connectivity index (χ0v) is 17.8. The zero-order valence-electron chi connectivity index (χ0n) is 17.0. The first kappa shape index (κ1) is 21.9. The van der Waals surface area contributed by atoms with Crippen LogP contribution in [0.2, 0.25) is 5.02 Å². The maximum absolute atomic E-state index is 12.8. The van der Waals surface area contributed by atoms with Gasteiger partial charge in [-0.1, -0.05) is 31.5 Å². The van der Waals surface area contributed by atoms with Crippen molar-refractivity contribution >= 4 is 17.5 Å². The Bertz CT molecular complexity index is 809. The van der Waals surface area contributed by atoms with Gasteiger partial charge in [0, 0.05) is 5.02 Å². The van der Waals surface area contributed by atoms with Crippen LogP contribution in [0.15, 0.2) is 36.4 Å². The Labute approximate surface area is 171 Å². The number of aryl methyl sites for hydroxylation is 1. The van der Waals surface area contributed by atoms with Crippen molar-refractivity contribution in [3.63, 3.8) is 0 Å². The van der Waals surface area contributed by atoms with Crippen molar-refractivity contribution in [2.45, 2.75) is 45.8 Å². The Balaban J connectivity index is 2.13. The van der Waals surface area contributed by atoms with E-state index < -0.39 is 6.10 Å². The Kier molecular flexibility index (Phi) is 8.00. The molecule has 0 radical (unpaired) electrons. The van der Waals surface area contributed by atoms with Crippen LogP contribution in [-0.4, -0.2) is 26.2 Å². The molecule has 5 nitrogen and oxygen atoms in total. The highest BCUT2D eigenvalue weighted by molar-refractivity contribution is 6.31. The lowest BCUT2D eigenvalue weighted by molar-refractivity contribution is -0.128. The van der Waals surface area contributed by atoms with E-state index in [0.29, 0.717) is 28.7 Å². The molecule has 6 heteroatoms. The van der Waals surface area contributed by atoms with Gasteiger partial charge in [-0.05, 0) is 61.2 Å². The third-order valence-electron chi connectivity index (χ3n) is 4.61.